The number of nitrogens with one attached hydrogen (secondary N) is 1. The zero-order valence-electron chi connectivity index (χ0n) is 15.0. The second-order valence-electron chi connectivity index (χ2n) is 7.95. The molecule has 27 heavy (non-hydrogen) atoms. The normalized spacial score (nSPS) is 25.3. The number of hydrogen-bond acceptors (Lipinski definition) is 4. The summed E-state index contributed by atoms with van der Waals surface area (Å²) in [5.74, 6) is -1.37. The van der Waals surface area contributed by atoms with Gasteiger partial charge in [0.25, 0.3) is 0 Å². The van der Waals surface area contributed by atoms with Gasteiger partial charge in [-0.2, -0.15) is 0 Å². The number of halogens is 2. The number of ether oxygens (including phenoxy) is 1. The quantitative estimate of drug-likeness (QED) is 0.857. The monoisotopic (exact) mass is 379 g/mol. The van der Waals surface area contributed by atoms with E-state index >= 15 is 0 Å². The number of hydrogen-bond donors (Lipinski definition) is 1. The summed E-state index contributed by atoms with van der Waals surface area (Å²) in [6.45, 7) is 1.93. The van der Waals surface area contributed by atoms with E-state index < -0.39 is 17.7 Å². The van der Waals surface area contributed by atoms with Crippen molar-refractivity contribution in [2.24, 2.45) is 11.3 Å². The predicted octanol–water partition coefficient (Wildman–Crippen LogP) is 2.59. The highest BCUT2D eigenvalue weighted by molar-refractivity contribution is 5.80. The highest BCUT2D eigenvalue weighted by atomic mass is 19.1. The number of piperidine rings is 1. The Morgan fingerprint density at radius 2 is 2.04 bits per heavy atom. The molecular formula is C19H23F2N3O3. The molecule has 1 aromatic rings. The highest BCUT2D eigenvalue weighted by Gasteiger charge is 2.48. The van der Waals surface area contributed by atoms with Crippen molar-refractivity contribution in [3.63, 3.8) is 0 Å². The molecule has 0 aromatic carbocycles. The molecule has 0 radical (unpaired) electrons. The van der Waals surface area contributed by atoms with E-state index in [1.54, 1.807) is 0 Å². The molecule has 2 saturated heterocycles. The second-order valence-corrected chi connectivity index (χ2v) is 7.95. The van der Waals surface area contributed by atoms with Crippen LogP contribution in [-0.4, -0.2) is 48.1 Å². The highest BCUT2D eigenvalue weighted by Crippen LogP contribution is 2.56. The maximum Gasteiger partial charge on any atom is 0.407 e. The summed E-state index contributed by atoms with van der Waals surface area (Å²) in [6.07, 6.45) is 4.57. The van der Waals surface area contributed by atoms with Gasteiger partial charge in [0.15, 0.2) is 0 Å². The van der Waals surface area contributed by atoms with Crippen LogP contribution in [0.1, 0.15) is 43.7 Å². The van der Waals surface area contributed by atoms with Crippen LogP contribution >= 0.6 is 0 Å². The first-order valence-corrected chi connectivity index (χ1v) is 9.46. The lowest BCUT2D eigenvalue weighted by molar-refractivity contribution is -0.139. The minimum absolute atomic E-state index is 0.0297. The molecule has 6 nitrogen and oxygen atoms in total. The van der Waals surface area contributed by atoms with Crippen LogP contribution in [0.15, 0.2) is 12.3 Å². The summed E-state index contributed by atoms with van der Waals surface area (Å²) in [7, 11) is 0. The van der Waals surface area contributed by atoms with E-state index in [4.69, 9.17) is 4.74 Å². The first-order valence-electron chi connectivity index (χ1n) is 9.46. The average molecular weight is 379 g/mol. The van der Waals surface area contributed by atoms with E-state index in [9.17, 15) is 18.4 Å². The van der Waals surface area contributed by atoms with Gasteiger partial charge in [0.1, 0.15) is 11.6 Å². The Morgan fingerprint density at radius 3 is 2.74 bits per heavy atom. The van der Waals surface area contributed by atoms with Crippen molar-refractivity contribution in [2.75, 3.05) is 26.2 Å². The number of pyridine rings is 1. The molecule has 2 amide bonds. The number of cyclic esters (lactones) is 1. The van der Waals surface area contributed by atoms with Crippen LogP contribution in [0.5, 0.6) is 0 Å². The second kappa shape index (κ2) is 7.05. The molecule has 1 N–H and O–H groups in total. The number of carbonyl (C=O) groups excluding carboxylic acids is 2. The first kappa shape index (κ1) is 18.1. The number of rotatable bonds is 2. The third-order valence-corrected chi connectivity index (χ3v) is 6.26. The molecule has 3 heterocycles. The Bertz CT molecular complexity index is 742. The predicted molar refractivity (Wildman–Crippen MR) is 91.8 cm³/mol. The Morgan fingerprint density at radius 1 is 1.30 bits per heavy atom. The number of carbonyl (C=O) groups is 2. The third-order valence-electron chi connectivity index (χ3n) is 6.26. The fourth-order valence-electron chi connectivity index (χ4n) is 4.64. The van der Waals surface area contributed by atoms with Crippen molar-refractivity contribution in [3.8, 4) is 0 Å². The van der Waals surface area contributed by atoms with Crippen molar-refractivity contribution in [3.05, 3.63) is 29.6 Å². The lowest BCUT2D eigenvalue weighted by atomic mass is 9.56. The minimum Gasteiger partial charge on any atom is -0.450 e. The van der Waals surface area contributed by atoms with Gasteiger partial charge in [-0.15, -0.1) is 0 Å². The molecule has 3 aliphatic rings. The molecular weight excluding hydrogens is 356 g/mol. The SMILES string of the molecule is O=C1NC[C@H](C(=O)N2CCC3(CC2)CC(c2ncc(F)cc2F)C3)CCO1. The van der Waals surface area contributed by atoms with Crippen molar-refractivity contribution in [2.45, 2.75) is 38.0 Å². The molecule has 2 aliphatic heterocycles. The molecule has 3 fully saturated rings. The van der Waals surface area contributed by atoms with Crippen LogP contribution < -0.4 is 5.32 Å². The maximum atomic E-state index is 13.9. The summed E-state index contributed by atoms with van der Waals surface area (Å²) in [6, 6.07) is 0.893. The number of alkyl carbamates (subject to hydrolysis) is 1. The topological polar surface area (TPSA) is 71.5 Å². The van der Waals surface area contributed by atoms with E-state index in [-0.39, 0.29) is 29.8 Å². The van der Waals surface area contributed by atoms with E-state index in [1.807, 2.05) is 4.90 Å². The zero-order chi connectivity index (χ0) is 19.0. The van der Waals surface area contributed by atoms with Gasteiger partial charge < -0.3 is 15.0 Å². The van der Waals surface area contributed by atoms with Crippen molar-refractivity contribution in [1.29, 1.82) is 0 Å². The van der Waals surface area contributed by atoms with Gasteiger partial charge in [-0.25, -0.2) is 13.6 Å². The van der Waals surface area contributed by atoms with Crippen LogP contribution in [0, 0.1) is 23.0 Å². The number of amides is 2. The summed E-state index contributed by atoms with van der Waals surface area (Å²) in [4.78, 5) is 29.8. The molecule has 0 bridgehead atoms. The standard InChI is InChI=1S/C19H23F2N3O3/c20-14-7-15(21)16(22-11-14)13-8-19(9-13)2-4-24(5-3-19)17(25)12-1-6-27-18(26)23-10-12/h7,11-13H,1-6,8-10H2,(H,23,26)/t12-/m1/s1. The fraction of sp³-hybridized carbons (Fsp3) is 0.632. The van der Waals surface area contributed by atoms with Crippen molar-refractivity contribution < 1.29 is 23.1 Å². The van der Waals surface area contributed by atoms with Gasteiger partial charge in [-0.3, -0.25) is 9.78 Å². The molecule has 8 heteroatoms. The Kier molecular flexibility index (Phi) is 4.74. The van der Waals surface area contributed by atoms with Gasteiger partial charge in [0.05, 0.1) is 24.4 Å². The lowest BCUT2D eigenvalue weighted by Gasteiger charge is -2.52. The third kappa shape index (κ3) is 3.61. The van der Waals surface area contributed by atoms with Gasteiger partial charge in [-0.1, -0.05) is 0 Å². The van der Waals surface area contributed by atoms with Gasteiger partial charge in [-0.05, 0) is 37.5 Å². The first-order chi connectivity index (χ1) is 13.0. The number of aromatic nitrogens is 1. The molecule has 1 atom stereocenters. The van der Waals surface area contributed by atoms with Gasteiger partial charge >= 0.3 is 6.09 Å². The zero-order valence-corrected chi connectivity index (χ0v) is 15.0. The van der Waals surface area contributed by atoms with Crippen molar-refractivity contribution in [1.82, 2.24) is 15.2 Å². The summed E-state index contributed by atoms with van der Waals surface area (Å²) in [5.41, 5.74) is 0.486. The summed E-state index contributed by atoms with van der Waals surface area (Å²) in [5, 5.41) is 2.61. The number of likely N-dealkylation sites (tertiary alicyclic amines) is 1. The van der Waals surface area contributed by atoms with E-state index in [0.717, 1.165) is 37.9 Å². The summed E-state index contributed by atoms with van der Waals surface area (Å²) >= 11 is 0. The number of nitrogens with zero attached hydrogens (tertiary/aromatic N) is 2. The van der Waals surface area contributed by atoms with E-state index in [2.05, 4.69) is 10.3 Å². The molecule has 146 valence electrons. The molecule has 0 unspecified atom stereocenters. The van der Waals surface area contributed by atoms with Gasteiger partial charge in [0.2, 0.25) is 5.91 Å². The largest absolute Gasteiger partial charge is 0.450 e. The van der Waals surface area contributed by atoms with Crippen LogP contribution in [0.25, 0.3) is 0 Å². The maximum absolute atomic E-state index is 13.9. The molecule has 1 aromatic heterocycles. The smallest absolute Gasteiger partial charge is 0.407 e. The Hall–Kier alpha value is -2.25. The van der Waals surface area contributed by atoms with Crippen LogP contribution in [0.3, 0.4) is 0 Å². The van der Waals surface area contributed by atoms with Gasteiger partial charge in [0, 0.05) is 31.6 Å². The van der Waals surface area contributed by atoms with E-state index in [0.29, 0.717) is 31.7 Å². The lowest BCUT2D eigenvalue weighted by Crippen LogP contribution is -2.50. The Labute approximate surface area is 156 Å². The molecule has 4 rings (SSSR count). The van der Waals surface area contributed by atoms with E-state index in [1.165, 1.54) is 0 Å². The van der Waals surface area contributed by atoms with Crippen LogP contribution in [0.2, 0.25) is 0 Å². The fourth-order valence-corrected chi connectivity index (χ4v) is 4.64. The van der Waals surface area contributed by atoms with Crippen LogP contribution in [0.4, 0.5) is 13.6 Å². The summed E-state index contributed by atoms with van der Waals surface area (Å²) < 4.78 is 31.9. The molecule has 1 spiro atoms. The average Bonchev–Trinajstić information content (AvgIpc) is 2.84. The van der Waals surface area contributed by atoms with Crippen molar-refractivity contribution >= 4 is 12.0 Å². The minimum atomic E-state index is -0.655. The Balaban J connectivity index is 1.31. The van der Waals surface area contributed by atoms with Crippen LogP contribution in [-0.2, 0) is 9.53 Å². The molecule has 1 aliphatic carbocycles. The molecule has 1 saturated carbocycles.